The molecule has 1 rings (SSSR count). The number of hydrogen-bond donors (Lipinski definition) is 2. The summed E-state index contributed by atoms with van der Waals surface area (Å²) in [7, 11) is -6.72. The predicted molar refractivity (Wildman–Crippen MR) is 71.2 cm³/mol. The Hall–Kier alpha value is -1.12. The highest BCUT2D eigenvalue weighted by molar-refractivity contribution is 7.91. The molecule has 18 heavy (non-hydrogen) atoms. The molecule has 0 saturated carbocycles. The Labute approximate surface area is 107 Å². The number of anilines is 1. The van der Waals surface area contributed by atoms with Crippen molar-refractivity contribution in [1.82, 2.24) is 4.72 Å². The lowest BCUT2D eigenvalue weighted by molar-refractivity contribution is 0.581. The fourth-order valence-corrected chi connectivity index (χ4v) is 3.07. The van der Waals surface area contributed by atoms with Crippen molar-refractivity contribution in [2.24, 2.45) is 0 Å². The van der Waals surface area contributed by atoms with E-state index in [-0.39, 0.29) is 18.1 Å². The second kappa shape index (κ2) is 5.68. The summed E-state index contributed by atoms with van der Waals surface area (Å²) in [5, 5.41) is 0. The number of nitrogens with two attached hydrogens (primary N) is 1. The minimum atomic E-state index is -3.54. The van der Waals surface area contributed by atoms with Gasteiger partial charge in [0.1, 0.15) is 9.84 Å². The topological polar surface area (TPSA) is 106 Å². The van der Waals surface area contributed by atoms with Crippen molar-refractivity contribution in [1.29, 1.82) is 0 Å². The summed E-state index contributed by atoms with van der Waals surface area (Å²) in [5.74, 6) is -0.440. The van der Waals surface area contributed by atoms with Gasteiger partial charge in [0.05, 0.1) is 11.5 Å². The van der Waals surface area contributed by atoms with Gasteiger partial charge in [-0.15, -0.1) is 0 Å². The first-order chi connectivity index (χ1) is 8.18. The van der Waals surface area contributed by atoms with E-state index in [0.29, 0.717) is 11.3 Å². The van der Waals surface area contributed by atoms with Crippen molar-refractivity contribution in [2.45, 2.75) is 5.75 Å². The third-order valence-electron chi connectivity index (χ3n) is 2.10. The lowest BCUT2D eigenvalue weighted by Gasteiger charge is -2.06. The van der Waals surface area contributed by atoms with E-state index in [9.17, 15) is 16.8 Å². The Bertz CT molecular complexity index is 609. The molecule has 0 spiro atoms. The van der Waals surface area contributed by atoms with Gasteiger partial charge in [0.15, 0.2) is 0 Å². The number of nitrogens with one attached hydrogen (secondary N) is 1. The molecule has 0 aliphatic carbocycles. The van der Waals surface area contributed by atoms with Crippen LogP contribution in [0.15, 0.2) is 24.3 Å². The third-order valence-corrected chi connectivity index (χ3v) is 4.41. The van der Waals surface area contributed by atoms with Crippen LogP contribution in [0, 0.1) is 0 Å². The first kappa shape index (κ1) is 14.9. The molecule has 3 N–H and O–H groups in total. The van der Waals surface area contributed by atoms with Crippen LogP contribution in [0.2, 0.25) is 0 Å². The molecule has 102 valence electrons. The Balaban J connectivity index is 2.60. The highest BCUT2D eigenvalue weighted by Gasteiger charge is 2.12. The van der Waals surface area contributed by atoms with Gasteiger partial charge in [-0.25, -0.2) is 21.6 Å². The summed E-state index contributed by atoms with van der Waals surface area (Å²) in [6.07, 6.45) is 1.05. The van der Waals surface area contributed by atoms with Gasteiger partial charge in [0.2, 0.25) is 10.0 Å². The van der Waals surface area contributed by atoms with Crippen LogP contribution < -0.4 is 10.5 Å². The lowest BCUT2D eigenvalue weighted by atomic mass is 10.2. The maximum atomic E-state index is 11.7. The maximum Gasteiger partial charge on any atom is 0.215 e. The van der Waals surface area contributed by atoms with E-state index in [4.69, 9.17) is 5.73 Å². The molecule has 0 heterocycles. The summed E-state index contributed by atoms with van der Waals surface area (Å²) in [6.45, 7) is -0.122. The van der Waals surface area contributed by atoms with E-state index in [1.54, 1.807) is 24.3 Å². The van der Waals surface area contributed by atoms with Crippen molar-refractivity contribution in [3.63, 3.8) is 0 Å². The normalized spacial score (nSPS) is 12.5. The average molecular weight is 292 g/mol. The molecule has 0 bridgehead atoms. The molecule has 0 aliphatic heterocycles. The zero-order chi connectivity index (χ0) is 13.8. The summed E-state index contributed by atoms with van der Waals surface area (Å²) in [4.78, 5) is 0. The maximum absolute atomic E-state index is 11.7. The van der Waals surface area contributed by atoms with Gasteiger partial charge >= 0.3 is 0 Å². The van der Waals surface area contributed by atoms with Crippen molar-refractivity contribution in [3.8, 4) is 0 Å². The first-order valence-corrected chi connectivity index (χ1v) is 8.89. The van der Waals surface area contributed by atoms with Crippen LogP contribution in [0.25, 0.3) is 0 Å². The quantitative estimate of drug-likeness (QED) is 0.702. The van der Waals surface area contributed by atoms with Crippen LogP contribution in [0.3, 0.4) is 0 Å². The lowest BCUT2D eigenvalue weighted by Crippen LogP contribution is -2.29. The molecule has 0 saturated heterocycles. The van der Waals surface area contributed by atoms with Gasteiger partial charge in [0, 0.05) is 18.5 Å². The fraction of sp³-hybridized carbons (Fsp3) is 0.400. The smallest absolute Gasteiger partial charge is 0.215 e. The van der Waals surface area contributed by atoms with Gasteiger partial charge < -0.3 is 5.73 Å². The van der Waals surface area contributed by atoms with Crippen LogP contribution in [0.5, 0.6) is 0 Å². The third kappa shape index (κ3) is 5.99. The van der Waals surface area contributed by atoms with Gasteiger partial charge in [-0.05, 0) is 17.7 Å². The highest BCUT2D eigenvalue weighted by Crippen LogP contribution is 2.09. The van der Waals surface area contributed by atoms with E-state index in [0.717, 1.165) is 6.26 Å². The number of benzene rings is 1. The zero-order valence-electron chi connectivity index (χ0n) is 9.96. The van der Waals surface area contributed by atoms with Crippen molar-refractivity contribution < 1.29 is 16.8 Å². The van der Waals surface area contributed by atoms with Gasteiger partial charge in [-0.1, -0.05) is 12.1 Å². The van der Waals surface area contributed by atoms with Crippen LogP contribution in [-0.4, -0.2) is 35.4 Å². The monoisotopic (exact) mass is 292 g/mol. The Kier molecular flexibility index (Phi) is 4.71. The highest BCUT2D eigenvalue weighted by atomic mass is 32.2. The molecule has 1 aromatic carbocycles. The van der Waals surface area contributed by atoms with Crippen LogP contribution in [0.1, 0.15) is 5.56 Å². The molecule has 0 atom stereocenters. The van der Waals surface area contributed by atoms with Crippen LogP contribution in [0.4, 0.5) is 5.69 Å². The van der Waals surface area contributed by atoms with E-state index >= 15 is 0 Å². The summed E-state index contributed by atoms with van der Waals surface area (Å²) >= 11 is 0. The van der Waals surface area contributed by atoms with E-state index in [2.05, 4.69) is 4.72 Å². The standard InChI is InChI=1S/C10H16N2O4S2/c1-17(13,14)6-5-12-18(15,16)8-9-3-2-4-10(11)7-9/h2-4,7,12H,5-6,8,11H2,1H3. The molecule has 6 nitrogen and oxygen atoms in total. The Morgan fingerprint density at radius 1 is 1.22 bits per heavy atom. The van der Waals surface area contributed by atoms with E-state index in [1.165, 1.54) is 0 Å². The van der Waals surface area contributed by atoms with Gasteiger partial charge in [-0.3, -0.25) is 0 Å². The summed E-state index contributed by atoms with van der Waals surface area (Å²) in [5.41, 5.74) is 6.58. The molecule has 8 heteroatoms. The second-order valence-electron chi connectivity index (χ2n) is 4.03. The molecule has 0 fully saturated rings. The van der Waals surface area contributed by atoms with Crippen LogP contribution >= 0.6 is 0 Å². The molecule has 0 unspecified atom stereocenters. The van der Waals surface area contributed by atoms with Crippen molar-refractivity contribution in [2.75, 3.05) is 24.3 Å². The van der Waals surface area contributed by atoms with Crippen molar-refractivity contribution in [3.05, 3.63) is 29.8 Å². The van der Waals surface area contributed by atoms with E-state index in [1.807, 2.05) is 0 Å². The second-order valence-corrected chi connectivity index (χ2v) is 8.09. The van der Waals surface area contributed by atoms with Crippen LogP contribution in [-0.2, 0) is 25.6 Å². The van der Waals surface area contributed by atoms with Crippen molar-refractivity contribution >= 4 is 25.5 Å². The zero-order valence-corrected chi connectivity index (χ0v) is 11.6. The predicted octanol–water partition coefficient (Wildman–Crippen LogP) is -0.267. The number of hydrogen-bond acceptors (Lipinski definition) is 5. The minimum absolute atomic E-state index is 0.122. The van der Waals surface area contributed by atoms with E-state index < -0.39 is 19.9 Å². The molecule has 0 aromatic heterocycles. The Morgan fingerprint density at radius 3 is 2.44 bits per heavy atom. The minimum Gasteiger partial charge on any atom is -0.399 e. The molecule has 0 radical (unpaired) electrons. The largest absolute Gasteiger partial charge is 0.399 e. The first-order valence-electron chi connectivity index (χ1n) is 5.17. The average Bonchev–Trinajstić information content (AvgIpc) is 2.13. The number of nitrogen functional groups attached to an aromatic ring is 1. The summed E-state index contributed by atoms with van der Waals surface area (Å²) in [6, 6.07) is 6.53. The molecular formula is C10H16N2O4S2. The molecule has 1 aromatic rings. The molecule has 0 amide bonds. The number of sulfone groups is 1. The fourth-order valence-electron chi connectivity index (χ4n) is 1.34. The molecule has 0 aliphatic rings. The Morgan fingerprint density at radius 2 is 1.89 bits per heavy atom. The van der Waals surface area contributed by atoms with Gasteiger partial charge in [0.25, 0.3) is 0 Å². The summed E-state index contributed by atoms with van der Waals surface area (Å²) < 4.78 is 47.3. The number of sulfonamides is 1. The number of rotatable bonds is 6. The SMILES string of the molecule is CS(=O)(=O)CCNS(=O)(=O)Cc1cccc(N)c1. The molecular weight excluding hydrogens is 276 g/mol. The van der Waals surface area contributed by atoms with Gasteiger partial charge in [-0.2, -0.15) is 0 Å².